The van der Waals surface area contributed by atoms with Crippen molar-refractivity contribution < 1.29 is 9.59 Å². The molecule has 184 valence electrons. The molecule has 0 spiro atoms. The van der Waals surface area contributed by atoms with E-state index >= 15 is 0 Å². The summed E-state index contributed by atoms with van der Waals surface area (Å²) in [5, 5.41) is 6.65. The Bertz CT molecular complexity index is 1160. The van der Waals surface area contributed by atoms with Crippen molar-refractivity contribution in [3.8, 4) is 11.1 Å². The summed E-state index contributed by atoms with van der Waals surface area (Å²) in [7, 11) is 0. The molecule has 1 aromatic carbocycles. The van der Waals surface area contributed by atoms with E-state index in [4.69, 9.17) is 5.84 Å². The molecule has 2 amide bonds. The van der Waals surface area contributed by atoms with Crippen LogP contribution in [0.25, 0.3) is 11.1 Å². The predicted molar refractivity (Wildman–Crippen MR) is 140 cm³/mol. The van der Waals surface area contributed by atoms with Crippen molar-refractivity contribution in [3.05, 3.63) is 65.1 Å². The summed E-state index contributed by atoms with van der Waals surface area (Å²) in [5.74, 6) is 4.85. The lowest BCUT2D eigenvalue weighted by Crippen LogP contribution is -2.47. The fourth-order valence-corrected chi connectivity index (χ4v) is 4.14. The molecule has 1 aromatic heterocycles. The normalized spacial score (nSPS) is 16.9. The molecule has 1 saturated heterocycles. The Kier molecular flexibility index (Phi) is 8.52. The van der Waals surface area contributed by atoms with Crippen molar-refractivity contribution in [2.75, 3.05) is 6.54 Å². The molecule has 35 heavy (non-hydrogen) atoms. The lowest BCUT2D eigenvalue weighted by molar-refractivity contribution is -0.136. The zero-order valence-electron chi connectivity index (χ0n) is 21.1. The fourth-order valence-electron chi connectivity index (χ4n) is 4.14. The Morgan fingerprint density at radius 3 is 2.54 bits per heavy atom. The van der Waals surface area contributed by atoms with E-state index < -0.39 is 6.04 Å². The van der Waals surface area contributed by atoms with Gasteiger partial charge < -0.3 is 16.1 Å². The van der Waals surface area contributed by atoms with Gasteiger partial charge in [-0.05, 0) is 70.2 Å². The van der Waals surface area contributed by atoms with Gasteiger partial charge in [0.1, 0.15) is 11.7 Å². The predicted octanol–water partition coefficient (Wildman–Crippen LogP) is 3.92. The molecule has 0 radical (unpaired) electrons. The van der Waals surface area contributed by atoms with Crippen LogP contribution in [-0.4, -0.2) is 46.2 Å². The zero-order valence-corrected chi connectivity index (χ0v) is 21.1. The number of hydrogen-bond donors (Lipinski definition) is 2. The molecule has 3 N–H and O–H groups in total. The van der Waals surface area contributed by atoms with Crippen LogP contribution in [0.1, 0.15) is 57.8 Å². The number of carbonyl (C=O) groups excluding carboxylic acids is 2. The Hall–Kier alpha value is -3.81. The summed E-state index contributed by atoms with van der Waals surface area (Å²) in [4.78, 5) is 36.7. The van der Waals surface area contributed by atoms with Crippen molar-refractivity contribution in [2.45, 2.75) is 59.5 Å². The second-order valence-corrected chi connectivity index (χ2v) is 9.02. The second kappa shape index (κ2) is 11.6. The first-order valence-electron chi connectivity index (χ1n) is 11.8. The van der Waals surface area contributed by atoms with E-state index in [2.05, 4.69) is 20.4 Å². The van der Waals surface area contributed by atoms with Crippen LogP contribution >= 0.6 is 0 Å². The number of carbonyl (C=O) groups is 2. The third kappa shape index (κ3) is 6.20. The van der Waals surface area contributed by atoms with Crippen molar-refractivity contribution >= 4 is 23.7 Å². The highest BCUT2D eigenvalue weighted by molar-refractivity contribution is 6.30. The zero-order chi connectivity index (χ0) is 25.5. The number of aromatic nitrogens is 1. The molecule has 2 atom stereocenters. The molecule has 1 aliphatic rings. The summed E-state index contributed by atoms with van der Waals surface area (Å²) >= 11 is 0. The number of rotatable bonds is 7. The van der Waals surface area contributed by atoms with E-state index in [1.165, 1.54) is 6.21 Å². The molecule has 0 saturated carbocycles. The summed E-state index contributed by atoms with van der Waals surface area (Å²) in [6.07, 6.45) is 4.63. The summed E-state index contributed by atoms with van der Waals surface area (Å²) in [6.45, 7) is 9.80. The molecule has 1 aliphatic heterocycles. The molecule has 2 unspecified atom stereocenters. The number of hydrazone groups is 1. The molecule has 2 aromatic rings. The quantitative estimate of drug-likeness (QED) is 0.274. The van der Waals surface area contributed by atoms with Crippen LogP contribution in [0.4, 0.5) is 0 Å². The molecular weight excluding hydrogens is 440 g/mol. The second-order valence-electron chi connectivity index (χ2n) is 9.02. The van der Waals surface area contributed by atoms with Crippen LogP contribution in [0.5, 0.6) is 0 Å². The van der Waals surface area contributed by atoms with E-state index in [1.54, 1.807) is 18.0 Å². The number of pyridine rings is 1. The van der Waals surface area contributed by atoms with Crippen molar-refractivity contribution in [2.24, 2.45) is 15.9 Å². The number of benzene rings is 1. The maximum absolute atomic E-state index is 13.3. The first kappa shape index (κ1) is 25.8. The number of hydrogen-bond acceptors (Lipinski definition) is 6. The molecule has 2 heterocycles. The maximum Gasteiger partial charge on any atom is 0.273 e. The van der Waals surface area contributed by atoms with Crippen LogP contribution in [0.3, 0.4) is 0 Å². The van der Waals surface area contributed by atoms with Gasteiger partial charge in [0, 0.05) is 24.0 Å². The molecule has 0 aliphatic carbocycles. The topological polar surface area (TPSA) is 113 Å². The Labute approximate surface area is 207 Å². The van der Waals surface area contributed by atoms with Gasteiger partial charge in [0.2, 0.25) is 5.91 Å². The van der Waals surface area contributed by atoms with E-state index in [0.29, 0.717) is 24.4 Å². The number of nitrogens with one attached hydrogen (secondary N) is 1. The van der Waals surface area contributed by atoms with Gasteiger partial charge in [-0.25, -0.2) is 4.99 Å². The summed E-state index contributed by atoms with van der Waals surface area (Å²) in [6, 6.07) is 11.3. The maximum atomic E-state index is 13.3. The number of aliphatic imine (C=N–C) groups is 1. The third-order valence-corrected chi connectivity index (χ3v) is 6.16. The number of allylic oxidation sites excluding steroid dienone is 1. The SMILES string of the molecule is CC(C)=C(N=C/C(C)=N\N)C(=O)N1CCCC1C(=O)NC(C)c1ccc(-c2cccnc2C)cc1. The number of nitrogens with zero attached hydrogens (tertiary/aromatic N) is 4. The van der Waals surface area contributed by atoms with Crippen LogP contribution in [0.15, 0.2) is 64.0 Å². The first-order chi connectivity index (χ1) is 16.7. The van der Waals surface area contributed by atoms with Crippen molar-refractivity contribution in [3.63, 3.8) is 0 Å². The van der Waals surface area contributed by atoms with Gasteiger partial charge in [0.25, 0.3) is 5.91 Å². The van der Waals surface area contributed by atoms with E-state index in [1.807, 2.05) is 64.1 Å². The fraction of sp³-hybridized carbons (Fsp3) is 0.370. The minimum atomic E-state index is -0.531. The van der Waals surface area contributed by atoms with Gasteiger partial charge in [0.15, 0.2) is 0 Å². The number of likely N-dealkylation sites (tertiary alicyclic amines) is 1. The third-order valence-electron chi connectivity index (χ3n) is 6.16. The lowest BCUT2D eigenvalue weighted by atomic mass is 10.0. The van der Waals surface area contributed by atoms with Gasteiger partial charge in [-0.15, -0.1) is 0 Å². The Morgan fingerprint density at radius 1 is 1.20 bits per heavy atom. The van der Waals surface area contributed by atoms with Gasteiger partial charge >= 0.3 is 0 Å². The minimum Gasteiger partial charge on any atom is -0.348 e. The van der Waals surface area contributed by atoms with Crippen molar-refractivity contribution in [1.29, 1.82) is 0 Å². The number of aryl methyl sites for hydroxylation is 1. The first-order valence-corrected chi connectivity index (χ1v) is 11.8. The highest BCUT2D eigenvalue weighted by Crippen LogP contribution is 2.25. The van der Waals surface area contributed by atoms with Gasteiger partial charge in [-0.1, -0.05) is 30.3 Å². The van der Waals surface area contributed by atoms with Gasteiger partial charge in [-0.2, -0.15) is 5.10 Å². The monoisotopic (exact) mass is 474 g/mol. The van der Waals surface area contributed by atoms with Crippen molar-refractivity contribution in [1.82, 2.24) is 15.2 Å². The average molecular weight is 475 g/mol. The number of nitrogens with two attached hydrogens (primary N) is 1. The van der Waals surface area contributed by atoms with E-state index in [9.17, 15) is 9.59 Å². The summed E-state index contributed by atoms with van der Waals surface area (Å²) in [5.41, 5.74) is 5.70. The number of amides is 2. The van der Waals surface area contributed by atoms with Crippen LogP contribution in [-0.2, 0) is 9.59 Å². The highest BCUT2D eigenvalue weighted by atomic mass is 16.2. The Balaban J connectivity index is 1.70. The lowest BCUT2D eigenvalue weighted by Gasteiger charge is -2.26. The van der Waals surface area contributed by atoms with Gasteiger partial charge in [-0.3, -0.25) is 14.6 Å². The highest BCUT2D eigenvalue weighted by Gasteiger charge is 2.36. The van der Waals surface area contributed by atoms with Crippen LogP contribution in [0, 0.1) is 6.92 Å². The molecular formula is C27H34N6O2. The van der Waals surface area contributed by atoms with Crippen LogP contribution in [0.2, 0.25) is 0 Å². The molecule has 8 heteroatoms. The minimum absolute atomic E-state index is 0.160. The van der Waals surface area contributed by atoms with Gasteiger partial charge in [0.05, 0.1) is 18.0 Å². The molecule has 8 nitrogen and oxygen atoms in total. The standard InChI is InChI=1S/C27H34N6O2/c1-17(2)25(30-16-18(3)32-28)27(35)33-15-7-9-24(33)26(34)31-19(4)21-10-12-22(13-11-21)23-8-6-14-29-20(23)5/h6,8,10-14,16,19,24H,7,9,15,28H2,1-5H3,(H,31,34)/b30-16?,32-18-. The Morgan fingerprint density at radius 2 is 1.91 bits per heavy atom. The molecule has 0 bridgehead atoms. The smallest absolute Gasteiger partial charge is 0.273 e. The van der Waals surface area contributed by atoms with E-state index in [0.717, 1.165) is 34.4 Å². The van der Waals surface area contributed by atoms with E-state index in [-0.39, 0.29) is 17.9 Å². The van der Waals surface area contributed by atoms with Crippen LogP contribution < -0.4 is 11.2 Å². The summed E-state index contributed by atoms with van der Waals surface area (Å²) < 4.78 is 0. The average Bonchev–Trinajstić information content (AvgIpc) is 3.34. The molecule has 1 fully saturated rings. The molecule has 3 rings (SSSR count). The largest absolute Gasteiger partial charge is 0.348 e.